The highest BCUT2D eigenvalue weighted by Crippen LogP contribution is 2.46. The van der Waals surface area contributed by atoms with Crippen LogP contribution in [-0.2, 0) is 0 Å². The molecule has 0 N–H and O–H groups in total. The molecule has 0 atom stereocenters. The first kappa shape index (κ1) is 37.2. The third-order valence-corrected chi connectivity index (χ3v) is 12.6. The predicted molar refractivity (Wildman–Crippen MR) is 270 cm³/mol. The molecule has 0 unspecified atom stereocenters. The summed E-state index contributed by atoms with van der Waals surface area (Å²) in [4.78, 5) is 0. The zero-order valence-electron chi connectivity index (χ0n) is 34.9. The van der Waals surface area contributed by atoms with Crippen molar-refractivity contribution >= 4 is 64.6 Å². The second-order valence-electron chi connectivity index (χ2n) is 16.0. The second kappa shape index (κ2) is 15.7. The summed E-state index contributed by atoms with van der Waals surface area (Å²) in [5.41, 5.74) is 12.5. The number of fused-ring (bicyclic) bond motifs is 6. The lowest BCUT2D eigenvalue weighted by atomic mass is 9.84. The SMILES string of the molecule is CC.c1ccc(-c2c3ccccc3c(-c3ccc4cc(-c5c6ccccc6c(-c6ccc(-c7ccc8ccccc8c7)cc6)c6ccccc56)ccc4c3)c3ccccc23)cc1. The van der Waals surface area contributed by atoms with E-state index in [-0.39, 0.29) is 0 Å². The molecule has 12 aromatic carbocycles. The normalized spacial score (nSPS) is 11.4. The Hall–Kier alpha value is -7.80. The monoisotopic (exact) mass is 788 g/mol. The van der Waals surface area contributed by atoms with E-state index in [9.17, 15) is 0 Å². The minimum Gasteiger partial charge on any atom is -0.0683 e. The molecule has 12 rings (SSSR count). The van der Waals surface area contributed by atoms with E-state index in [4.69, 9.17) is 0 Å². The average Bonchev–Trinajstić information content (AvgIpc) is 3.35. The summed E-state index contributed by atoms with van der Waals surface area (Å²) < 4.78 is 0. The Bertz CT molecular complexity index is 3520. The molecule has 0 heterocycles. The van der Waals surface area contributed by atoms with E-state index >= 15 is 0 Å². The summed E-state index contributed by atoms with van der Waals surface area (Å²) in [7, 11) is 0. The van der Waals surface area contributed by atoms with Crippen LogP contribution in [0.3, 0.4) is 0 Å². The largest absolute Gasteiger partial charge is 0.0683 e. The van der Waals surface area contributed by atoms with Gasteiger partial charge in [-0.25, -0.2) is 0 Å². The molecule has 0 heteroatoms. The minimum atomic E-state index is 1.22. The van der Waals surface area contributed by atoms with Crippen LogP contribution in [0.15, 0.2) is 231 Å². The van der Waals surface area contributed by atoms with Crippen molar-refractivity contribution in [3.63, 3.8) is 0 Å². The van der Waals surface area contributed by atoms with E-state index < -0.39 is 0 Å². The Morgan fingerprint density at radius 2 is 0.435 bits per heavy atom. The van der Waals surface area contributed by atoms with Gasteiger partial charge in [-0.05, 0) is 138 Å². The molecule has 0 aliphatic heterocycles. The number of hydrogen-bond acceptors (Lipinski definition) is 0. The van der Waals surface area contributed by atoms with Gasteiger partial charge in [-0.15, -0.1) is 0 Å². The zero-order valence-corrected chi connectivity index (χ0v) is 34.9. The summed E-state index contributed by atoms with van der Waals surface area (Å²) in [5, 5.41) is 15.1. The molecule has 0 amide bonds. The maximum atomic E-state index is 2.39. The van der Waals surface area contributed by atoms with Crippen molar-refractivity contribution in [3.8, 4) is 55.6 Å². The molecule has 0 bridgehead atoms. The number of rotatable bonds is 5. The van der Waals surface area contributed by atoms with Crippen molar-refractivity contribution in [1.82, 2.24) is 0 Å². The van der Waals surface area contributed by atoms with Crippen molar-refractivity contribution in [2.45, 2.75) is 13.8 Å². The van der Waals surface area contributed by atoms with Gasteiger partial charge in [0.2, 0.25) is 0 Å². The minimum absolute atomic E-state index is 1.22. The van der Waals surface area contributed by atoms with E-state index in [0.717, 1.165) is 0 Å². The third kappa shape index (κ3) is 6.23. The summed E-state index contributed by atoms with van der Waals surface area (Å²) in [6.45, 7) is 4.00. The lowest BCUT2D eigenvalue weighted by molar-refractivity contribution is 1.50. The quantitative estimate of drug-likeness (QED) is 0.152. The molecule has 0 nitrogen and oxygen atoms in total. The fourth-order valence-electron chi connectivity index (χ4n) is 9.86. The Balaban J connectivity index is 0.00000213. The molecule has 0 aliphatic carbocycles. The van der Waals surface area contributed by atoms with Gasteiger partial charge in [0, 0.05) is 0 Å². The molecule has 0 saturated heterocycles. The molecule has 0 spiro atoms. The van der Waals surface area contributed by atoms with Crippen molar-refractivity contribution in [2.24, 2.45) is 0 Å². The zero-order chi connectivity index (χ0) is 41.6. The van der Waals surface area contributed by atoms with Crippen LogP contribution >= 0.6 is 0 Å². The van der Waals surface area contributed by atoms with Gasteiger partial charge >= 0.3 is 0 Å². The Morgan fingerprint density at radius 1 is 0.177 bits per heavy atom. The first-order valence-corrected chi connectivity index (χ1v) is 21.8. The van der Waals surface area contributed by atoms with Gasteiger partial charge in [0.15, 0.2) is 0 Å². The second-order valence-corrected chi connectivity index (χ2v) is 16.0. The van der Waals surface area contributed by atoms with Crippen molar-refractivity contribution < 1.29 is 0 Å². The van der Waals surface area contributed by atoms with E-state index in [1.165, 1.54) is 120 Å². The summed E-state index contributed by atoms with van der Waals surface area (Å²) in [6.07, 6.45) is 0. The van der Waals surface area contributed by atoms with Crippen LogP contribution < -0.4 is 0 Å². The number of benzene rings is 12. The summed E-state index contributed by atoms with van der Waals surface area (Å²) in [6, 6.07) is 85.0. The van der Waals surface area contributed by atoms with Crippen molar-refractivity contribution in [2.75, 3.05) is 0 Å². The first-order chi connectivity index (χ1) is 30.8. The topological polar surface area (TPSA) is 0 Å². The van der Waals surface area contributed by atoms with Crippen LogP contribution in [0.1, 0.15) is 13.8 Å². The van der Waals surface area contributed by atoms with Crippen LogP contribution in [0.5, 0.6) is 0 Å². The predicted octanol–water partition coefficient (Wildman–Crippen LogP) is 18.0. The van der Waals surface area contributed by atoms with Gasteiger partial charge < -0.3 is 0 Å². The molecule has 0 aromatic heterocycles. The van der Waals surface area contributed by atoms with Gasteiger partial charge in [-0.3, -0.25) is 0 Å². The van der Waals surface area contributed by atoms with E-state index in [1.807, 2.05) is 13.8 Å². The highest BCUT2D eigenvalue weighted by Gasteiger charge is 2.19. The smallest absolute Gasteiger partial charge is 0.00262 e. The van der Waals surface area contributed by atoms with Crippen molar-refractivity contribution in [3.05, 3.63) is 231 Å². The van der Waals surface area contributed by atoms with Gasteiger partial charge in [0.25, 0.3) is 0 Å². The lowest BCUT2D eigenvalue weighted by Crippen LogP contribution is -1.92. The fraction of sp³-hybridized carbons (Fsp3) is 0.0323. The van der Waals surface area contributed by atoms with Crippen LogP contribution in [0.4, 0.5) is 0 Å². The number of hydrogen-bond donors (Lipinski definition) is 0. The van der Waals surface area contributed by atoms with Crippen molar-refractivity contribution in [1.29, 1.82) is 0 Å². The lowest BCUT2D eigenvalue weighted by Gasteiger charge is -2.19. The molecule has 0 aliphatic rings. The average molecular weight is 789 g/mol. The van der Waals surface area contributed by atoms with Gasteiger partial charge in [-0.2, -0.15) is 0 Å². The van der Waals surface area contributed by atoms with Crippen LogP contribution in [0.2, 0.25) is 0 Å². The standard InChI is InChI=1S/C60H38.C2H6/c1-2-15-41(16-3-1)57-49-18-6-10-22-53(49)59(54-23-11-7-19-50(54)57)47-34-32-46-38-48(35-33-45(46)37-47)60-55-24-12-8-20-51(55)58(52-21-9-13-25-56(52)60)42-29-26-40(27-30-42)44-31-28-39-14-4-5-17-43(39)36-44;1-2/h1-38H;1-2H3. The fourth-order valence-corrected chi connectivity index (χ4v) is 9.86. The maximum Gasteiger partial charge on any atom is -0.00262 e. The molecule has 12 aromatic rings. The molecule has 292 valence electrons. The molecule has 62 heavy (non-hydrogen) atoms. The summed E-state index contributed by atoms with van der Waals surface area (Å²) in [5.74, 6) is 0. The van der Waals surface area contributed by atoms with Gasteiger partial charge in [0.1, 0.15) is 0 Å². The van der Waals surface area contributed by atoms with Crippen LogP contribution in [0, 0.1) is 0 Å². The molecule has 0 fully saturated rings. The molecular weight excluding hydrogens is 745 g/mol. The first-order valence-electron chi connectivity index (χ1n) is 21.8. The summed E-state index contributed by atoms with van der Waals surface area (Å²) >= 11 is 0. The van der Waals surface area contributed by atoms with Crippen LogP contribution in [0.25, 0.3) is 120 Å². The molecule has 0 radical (unpaired) electrons. The van der Waals surface area contributed by atoms with E-state index in [1.54, 1.807) is 0 Å². The van der Waals surface area contributed by atoms with E-state index in [2.05, 4.69) is 231 Å². The molecular formula is C62H44. The van der Waals surface area contributed by atoms with Gasteiger partial charge in [0.05, 0.1) is 0 Å². The van der Waals surface area contributed by atoms with E-state index in [0.29, 0.717) is 0 Å². The Labute approximate surface area is 363 Å². The maximum absolute atomic E-state index is 2.39. The highest BCUT2D eigenvalue weighted by atomic mass is 14.2. The highest BCUT2D eigenvalue weighted by molar-refractivity contribution is 6.23. The van der Waals surface area contributed by atoms with Crippen LogP contribution in [-0.4, -0.2) is 0 Å². The molecule has 0 saturated carbocycles. The van der Waals surface area contributed by atoms with Gasteiger partial charge in [-0.1, -0.05) is 226 Å². The Kier molecular flexibility index (Phi) is 9.40. The Morgan fingerprint density at radius 3 is 0.871 bits per heavy atom. The third-order valence-electron chi connectivity index (χ3n) is 12.6.